The Labute approximate surface area is 109 Å². The average molecular weight is 267 g/mol. The largest absolute Gasteiger partial charge is 0.324 e. The molecule has 3 nitrogen and oxygen atoms in total. The third-order valence-electron chi connectivity index (χ3n) is 3.65. The molecule has 0 aromatic heterocycles. The molecule has 18 heavy (non-hydrogen) atoms. The van der Waals surface area contributed by atoms with Gasteiger partial charge in [0, 0.05) is 6.04 Å². The second-order valence-corrected chi connectivity index (χ2v) is 7.41. The van der Waals surface area contributed by atoms with Crippen LogP contribution < -0.4 is 5.73 Å². The number of hydrogen-bond donors (Lipinski definition) is 1. The Balaban J connectivity index is 2.13. The van der Waals surface area contributed by atoms with Crippen LogP contribution in [0.3, 0.4) is 0 Å². The molecule has 1 aromatic carbocycles. The van der Waals surface area contributed by atoms with Crippen LogP contribution in [0.5, 0.6) is 0 Å². The van der Waals surface area contributed by atoms with Gasteiger partial charge in [0.2, 0.25) is 0 Å². The summed E-state index contributed by atoms with van der Waals surface area (Å²) < 4.78 is 23.0. The van der Waals surface area contributed by atoms with Gasteiger partial charge in [-0.15, -0.1) is 0 Å². The molecule has 0 radical (unpaired) electrons. The highest BCUT2D eigenvalue weighted by molar-refractivity contribution is 7.91. The minimum atomic E-state index is -2.85. The highest BCUT2D eigenvalue weighted by atomic mass is 32.2. The molecule has 2 unspecified atom stereocenters. The van der Waals surface area contributed by atoms with E-state index in [4.69, 9.17) is 5.73 Å². The maximum absolute atomic E-state index is 11.5. The Bertz CT molecular complexity index is 510. The van der Waals surface area contributed by atoms with Gasteiger partial charge < -0.3 is 5.73 Å². The summed E-state index contributed by atoms with van der Waals surface area (Å²) in [5, 5.41) is 0. The van der Waals surface area contributed by atoms with Crippen LogP contribution in [0.4, 0.5) is 0 Å². The smallest absolute Gasteiger partial charge is 0.150 e. The van der Waals surface area contributed by atoms with Crippen molar-refractivity contribution < 1.29 is 8.42 Å². The fourth-order valence-corrected chi connectivity index (χ4v) is 4.48. The Morgan fingerprint density at radius 2 is 2.22 bits per heavy atom. The normalized spacial score (nSPS) is 24.0. The number of sulfone groups is 1. The highest BCUT2D eigenvalue weighted by Gasteiger charge is 2.32. The van der Waals surface area contributed by atoms with E-state index in [1.807, 2.05) is 12.1 Å². The summed E-state index contributed by atoms with van der Waals surface area (Å²) >= 11 is 0. The monoisotopic (exact) mass is 267 g/mol. The zero-order valence-corrected chi connectivity index (χ0v) is 11.6. The van der Waals surface area contributed by atoms with Crippen LogP contribution in [-0.4, -0.2) is 19.9 Å². The summed E-state index contributed by atoms with van der Waals surface area (Å²) in [7, 11) is -2.85. The molecule has 1 aromatic rings. The molecule has 0 spiro atoms. The lowest BCUT2D eigenvalue weighted by atomic mass is 9.92. The first-order valence-electron chi connectivity index (χ1n) is 6.56. The van der Waals surface area contributed by atoms with E-state index in [-0.39, 0.29) is 17.7 Å². The average Bonchev–Trinajstić information content (AvgIpc) is 2.70. The van der Waals surface area contributed by atoms with Crippen molar-refractivity contribution in [3.8, 4) is 0 Å². The molecule has 2 rings (SSSR count). The molecular weight excluding hydrogens is 246 g/mol. The first-order chi connectivity index (χ1) is 8.52. The van der Waals surface area contributed by atoms with E-state index in [0.29, 0.717) is 12.2 Å². The van der Waals surface area contributed by atoms with Gasteiger partial charge >= 0.3 is 0 Å². The van der Waals surface area contributed by atoms with Gasteiger partial charge in [0.15, 0.2) is 9.84 Å². The maximum Gasteiger partial charge on any atom is 0.150 e. The molecule has 1 heterocycles. The molecule has 2 N–H and O–H groups in total. The zero-order chi connectivity index (χ0) is 13.2. The third-order valence-corrected chi connectivity index (χ3v) is 5.44. The van der Waals surface area contributed by atoms with Gasteiger partial charge in [-0.1, -0.05) is 37.6 Å². The fourth-order valence-electron chi connectivity index (χ4n) is 2.62. The van der Waals surface area contributed by atoms with Crippen molar-refractivity contribution in [2.24, 2.45) is 11.7 Å². The molecular formula is C14H21NO2S. The Morgan fingerprint density at radius 3 is 2.83 bits per heavy atom. The molecule has 2 atom stereocenters. The highest BCUT2D eigenvalue weighted by Crippen LogP contribution is 2.30. The minimum absolute atomic E-state index is 0.0758. The lowest BCUT2D eigenvalue weighted by Crippen LogP contribution is -2.22. The molecule has 4 heteroatoms. The van der Waals surface area contributed by atoms with Crippen LogP contribution in [0.15, 0.2) is 24.3 Å². The van der Waals surface area contributed by atoms with E-state index in [1.54, 1.807) is 0 Å². The van der Waals surface area contributed by atoms with Crippen molar-refractivity contribution in [3.05, 3.63) is 35.4 Å². The van der Waals surface area contributed by atoms with Gasteiger partial charge in [0.1, 0.15) is 0 Å². The van der Waals surface area contributed by atoms with Crippen LogP contribution in [-0.2, 0) is 16.3 Å². The summed E-state index contributed by atoms with van der Waals surface area (Å²) in [6.07, 6.45) is 2.85. The van der Waals surface area contributed by atoms with Crippen molar-refractivity contribution in [2.75, 3.05) is 11.5 Å². The van der Waals surface area contributed by atoms with Gasteiger partial charge in [-0.05, 0) is 29.9 Å². The maximum atomic E-state index is 11.5. The summed E-state index contributed by atoms with van der Waals surface area (Å²) in [6.45, 7) is 2.15. The van der Waals surface area contributed by atoms with E-state index in [9.17, 15) is 8.42 Å². The van der Waals surface area contributed by atoms with E-state index >= 15 is 0 Å². The van der Waals surface area contributed by atoms with Gasteiger partial charge in [0.25, 0.3) is 0 Å². The van der Waals surface area contributed by atoms with Crippen LogP contribution in [0.25, 0.3) is 0 Å². The molecule has 1 aliphatic rings. The van der Waals surface area contributed by atoms with Gasteiger partial charge in [-0.3, -0.25) is 0 Å². The molecule has 0 bridgehead atoms. The summed E-state index contributed by atoms with van der Waals surface area (Å²) in [4.78, 5) is 0. The lowest BCUT2D eigenvalue weighted by Gasteiger charge is -2.18. The topological polar surface area (TPSA) is 60.2 Å². The van der Waals surface area contributed by atoms with Crippen LogP contribution in [0.1, 0.15) is 36.9 Å². The van der Waals surface area contributed by atoms with Crippen LogP contribution >= 0.6 is 0 Å². The second kappa shape index (κ2) is 5.41. The SMILES string of the molecule is CCCc1cccc(C(N)C2CCS(=O)(=O)C2)c1. The van der Waals surface area contributed by atoms with E-state index in [0.717, 1.165) is 18.4 Å². The molecule has 1 aliphatic heterocycles. The Hall–Kier alpha value is -0.870. The first-order valence-corrected chi connectivity index (χ1v) is 8.39. The second-order valence-electron chi connectivity index (χ2n) is 5.18. The molecule has 0 amide bonds. The van der Waals surface area contributed by atoms with Crippen molar-refractivity contribution in [3.63, 3.8) is 0 Å². The quantitative estimate of drug-likeness (QED) is 0.908. The molecule has 100 valence electrons. The molecule has 1 saturated heterocycles. The standard InChI is InChI=1S/C14H21NO2S/c1-2-4-11-5-3-6-12(9-11)14(15)13-7-8-18(16,17)10-13/h3,5-6,9,13-14H,2,4,7-8,10,15H2,1H3. The fraction of sp³-hybridized carbons (Fsp3) is 0.571. The summed E-state index contributed by atoms with van der Waals surface area (Å²) in [6, 6.07) is 8.10. The first kappa shape index (κ1) is 13.6. The number of rotatable bonds is 4. The van der Waals surface area contributed by atoms with Crippen molar-refractivity contribution >= 4 is 9.84 Å². The number of benzene rings is 1. The minimum Gasteiger partial charge on any atom is -0.324 e. The number of aryl methyl sites for hydroxylation is 1. The predicted octanol–water partition coefficient (Wildman–Crippen LogP) is 2.07. The number of nitrogens with two attached hydrogens (primary N) is 1. The number of hydrogen-bond acceptors (Lipinski definition) is 3. The van der Waals surface area contributed by atoms with E-state index in [1.165, 1.54) is 5.56 Å². The summed E-state index contributed by atoms with van der Waals surface area (Å²) in [5.41, 5.74) is 8.58. The predicted molar refractivity (Wildman–Crippen MR) is 74.1 cm³/mol. The van der Waals surface area contributed by atoms with Gasteiger partial charge in [-0.25, -0.2) is 8.42 Å². The molecule has 1 fully saturated rings. The van der Waals surface area contributed by atoms with Crippen LogP contribution in [0, 0.1) is 5.92 Å². The van der Waals surface area contributed by atoms with Crippen molar-refractivity contribution in [1.29, 1.82) is 0 Å². The molecule has 0 saturated carbocycles. The zero-order valence-electron chi connectivity index (χ0n) is 10.8. The van der Waals surface area contributed by atoms with Crippen LogP contribution in [0.2, 0.25) is 0 Å². The van der Waals surface area contributed by atoms with E-state index < -0.39 is 9.84 Å². The Morgan fingerprint density at radius 1 is 1.44 bits per heavy atom. The summed E-state index contributed by atoms with van der Waals surface area (Å²) in [5.74, 6) is 0.610. The molecule has 0 aliphatic carbocycles. The van der Waals surface area contributed by atoms with Crippen molar-refractivity contribution in [2.45, 2.75) is 32.2 Å². The van der Waals surface area contributed by atoms with E-state index in [2.05, 4.69) is 19.1 Å². The van der Waals surface area contributed by atoms with Crippen molar-refractivity contribution in [1.82, 2.24) is 0 Å². The lowest BCUT2D eigenvalue weighted by molar-refractivity contribution is 0.479. The van der Waals surface area contributed by atoms with Gasteiger partial charge in [-0.2, -0.15) is 0 Å². The Kier molecular flexibility index (Phi) is 4.07. The third kappa shape index (κ3) is 3.12. The van der Waals surface area contributed by atoms with Gasteiger partial charge in [0.05, 0.1) is 11.5 Å².